The second-order valence-electron chi connectivity index (χ2n) is 4.02. The summed E-state index contributed by atoms with van der Waals surface area (Å²) in [5.74, 6) is 0.264. The zero-order valence-electron chi connectivity index (χ0n) is 9.50. The number of aliphatic hydroxyl groups excluding tert-OH is 1. The third kappa shape index (κ3) is 1.72. The van der Waals surface area contributed by atoms with Gasteiger partial charge in [0.15, 0.2) is 0 Å². The maximum absolute atomic E-state index is 11.8. The maximum atomic E-state index is 11.8. The van der Waals surface area contributed by atoms with E-state index in [9.17, 15) is 9.90 Å². The van der Waals surface area contributed by atoms with Crippen molar-refractivity contribution in [1.29, 1.82) is 0 Å². The molecule has 1 amide bonds. The molecule has 1 aromatic heterocycles. The minimum atomic E-state index is -0.825. The van der Waals surface area contributed by atoms with E-state index in [1.165, 1.54) is 6.20 Å². The molecule has 92 valence electrons. The highest BCUT2D eigenvalue weighted by atomic mass is 16.3. The molecule has 3 rings (SSSR count). The lowest BCUT2D eigenvalue weighted by Crippen LogP contribution is -2.32. The molecule has 0 spiro atoms. The van der Waals surface area contributed by atoms with Crippen molar-refractivity contribution in [2.24, 2.45) is 0 Å². The number of anilines is 1. The van der Waals surface area contributed by atoms with Crippen molar-refractivity contribution in [3.8, 4) is 5.69 Å². The molecule has 0 fully saturated rings. The number of hydrogen-bond donors (Lipinski definition) is 3. The van der Waals surface area contributed by atoms with E-state index in [0.717, 1.165) is 5.69 Å². The average molecular weight is 244 g/mol. The minimum absolute atomic E-state index is 0.169. The summed E-state index contributed by atoms with van der Waals surface area (Å²) >= 11 is 0. The Kier molecular flexibility index (Phi) is 2.49. The number of carbonyl (C=O) groups excluding carboxylic acids is 1. The Morgan fingerprint density at radius 2 is 2.11 bits per heavy atom. The van der Waals surface area contributed by atoms with Gasteiger partial charge in [0.2, 0.25) is 0 Å². The highest BCUT2D eigenvalue weighted by molar-refractivity contribution is 5.99. The van der Waals surface area contributed by atoms with Crippen LogP contribution in [0.1, 0.15) is 10.4 Å². The number of para-hydroxylation sites is 1. The molecule has 6 nitrogen and oxygen atoms in total. The first kappa shape index (κ1) is 10.8. The molecule has 0 saturated heterocycles. The molecule has 1 aliphatic rings. The van der Waals surface area contributed by atoms with Gasteiger partial charge in [0.05, 0.1) is 18.4 Å². The van der Waals surface area contributed by atoms with Gasteiger partial charge in [-0.1, -0.05) is 18.2 Å². The molecule has 6 heteroatoms. The Bertz CT molecular complexity index is 579. The van der Waals surface area contributed by atoms with Crippen LogP contribution >= 0.6 is 0 Å². The van der Waals surface area contributed by atoms with Crippen LogP contribution in [0.25, 0.3) is 5.69 Å². The van der Waals surface area contributed by atoms with Gasteiger partial charge in [0.1, 0.15) is 17.6 Å². The monoisotopic (exact) mass is 244 g/mol. The Hall–Kier alpha value is -2.34. The first-order valence-corrected chi connectivity index (χ1v) is 5.62. The normalized spacial score (nSPS) is 18.5. The van der Waals surface area contributed by atoms with Crippen molar-refractivity contribution in [2.75, 3.05) is 11.9 Å². The highest BCUT2D eigenvalue weighted by Gasteiger charge is 2.24. The number of β-amino-alcohol motifs (C(OH)–C–C–N with tert-alkyl or cyclic N) is 1. The molecule has 1 atom stereocenters. The number of aromatic nitrogens is 2. The number of hydrogen-bond acceptors (Lipinski definition) is 4. The van der Waals surface area contributed by atoms with E-state index < -0.39 is 6.23 Å². The fourth-order valence-corrected chi connectivity index (χ4v) is 1.91. The Labute approximate surface area is 103 Å². The molecule has 1 aliphatic heterocycles. The topological polar surface area (TPSA) is 79.2 Å². The summed E-state index contributed by atoms with van der Waals surface area (Å²) in [6.07, 6.45) is 0.664. The summed E-state index contributed by atoms with van der Waals surface area (Å²) in [4.78, 5) is 11.8. The van der Waals surface area contributed by atoms with E-state index in [0.29, 0.717) is 11.4 Å². The van der Waals surface area contributed by atoms with E-state index in [4.69, 9.17) is 0 Å². The third-order valence-electron chi connectivity index (χ3n) is 2.77. The van der Waals surface area contributed by atoms with Crippen LogP contribution in [0, 0.1) is 0 Å². The molecule has 0 bridgehead atoms. The summed E-state index contributed by atoms with van der Waals surface area (Å²) in [5.41, 5.74) is 1.25. The lowest BCUT2D eigenvalue weighted by atomic mass is 10.3. The van der Waals surface area contributed by atoms with Gasteiger partial charge in [-0.15, -0.1) is 0 Å². The molecular formula is C12H12N4O2. The van der Waals surface area contributed by atoms with E-state index in [1.807, 2.05) is 30.3 Å². The van der Waals surface area contributed by atoms with Crippen LogP contribution in [0.5, 0.6) is 0 Å². The Morgan fingerprint density at radius 3 is 2.89 bits per heavy atom. The van der Waals surface area contributed by atoms with Gasteiger partial charge in [0, 0.05) is 0 Å². The molecule has 3 N–H and O–H groups in total. The molecule has 0 radical (unpaired) electrons. The number of amides is 1. The standard InChI is InChI=1S/C12H12N4O2/c17-10-7-13-12(18)9-6-14-16(11(9)15-10)8-4-2-1-3-5-8/h1-6,10,15,17H,7H2,(H,13,18). The van der Waals surface area contributed by atoms with Crippen LogP contribution in [0.3, 0.4) is 0 Å². The quantitative estimate of drug-likeness (QED) is 0.676. The van der Waals surface area contributed by atoms with E-state index in [2.05, 4.69) is 15.7 Å². The van der Waals surface area contributed by atoms with Crippen molar-refractivity contribution in [2.45, 2.75) is 6.23 Å². The zero-order chi connectivity index (χ0) is 12.5. The lowest BCUT2D eigenvalue weighted by Gasteiger charge is -2.12. The van der Waals surface area contributed by atoms with Crippen LogP contribution in [0.15, 0.2) is 36.5 Å². The van der Waals surface area contributed by atoms with Gasteiger partial charge in [-0.2, -0.15) is 5.10 Å². The van der Waals surface area contributed by atoms with Crippen LogP contribution in [-0.2, 0) is 0 Å². The molecule has 0 aliphatic carbocycles. The SMILES string of the molecule is O=C1NCC(O)Nc2c1cnn2-c1ccccc1. The van der Waals surface area contributed by atoms with Crippen LogP contribution in [0.4, 0.5) is 5.82 Å². The molecule has 2 heterocycles. The zero-order valence-corrected chi connectivity index (χ0v) is 9.50. The molecule has 0 saturated carbocycles. The number of aliphatic hydroxyl groups is 1. The predicted molar refractivity (Wildman–Crippen MR) is 65.5 cm³/mol. The third-order valence-corrected chi connectivity index (χ3v) is 2.77. The van der Waals surface area contributed by atoms with E-state index in [-0.39, 0.29) is 12.5 Å². The van der Waals surface area contributed by atoms with Crippen molar-refractivity contribution in [3.63, 3.8) is 0 Å². The molecule has 1 aromatic carbocycles. The van der Waals surface area contributed by atoms with Gasteiger partial charge < -0.3 is 15.7 Å². The lowest BCUT2D eigenvalue weighted by molar-refractivity contribution is 0.0936. The smallest absolute Gasteiger partial charge is 0.256 e. The summed E-state index contributed by atoms with van der Waals surface area (Å²) in [6, 6.07) is 9.43. The van der Waals surface area contributed by atoms with Crippen molar-refractivity contribution >= 4 is 11.7 Å². The largest absolute Gasteiger partial charge is 0.372 e. The fraction of sp³-hybridized carbons (Fsp3) is 0.167. The van der Waals surface area contributed by atoms with Gasteiger partial charge in [0.25, 0.3) is 5.91 Å². The number of nitrogens with zero attached hydrogens (tertiary/aromatic N) is 2. The Balaban J connectivity index is 2.11. The number of rotatable bonds is 1. The summed E-state index contributed by atoms with van der Waals surface area (Å²) < 4.78 is 1.60. The maximum Gasteiger partial charge on any atom is 0.256 e. The predicted octanol–water partition coefficient (Wildman–Crippen LogP) is 0.346. The fourth-order valence-electron chi connectivity index (χ4n) is 1.91. The summed E-state index contributed by atoms with van der Waals surface area (Å²) in [7, 11) is 0. The number of fused-ring (bicyclic) bond motifs is 1. The first-order chi connectivity index (χ1) is 8.75. The molecule has 18 heavy (non-hydrogen) atoms. The first-order valence-electron chi connectivity index (χ1n) is 5.62. The highest BCUT2D eigenvalue weighted by Crippen LogP contribution is 2.22. The van der Waals surface area contributed by atoms with Crippen molar-refractivity contribution < 1.29 is 9.90 Å². The van der Waals surface area contributed by atoms with E-state index >= 15 is 0 Å². The molecule has 1 unspecified atom stereocenters. The summed E-state index contributed by atoms with van der Waals surface area (Å²) in [6.45, 7) is 0.169. The van der Waals surface area contributed by atoms with Crippen molar-refractivity contribution in [3.05, 3.63) is 42.1 Å². The number of carbonyl (C=O) groups is 1. The van der Waals surface area contributed by atoms with Gasteiger partial charge in [-0.3, -0.25) is 4.79 Å². The summed E-state index contributed by atoms with van der Waals surface area (Å²) in [5, 5.41) is 19.3. The van der Waals surface area contributed by atoms with Crippen LogP contribution < -0.4 is 10.6 Å². The molecular weight excluding hydrogens is 232 g/mol. The second kappa shape index (κ2) is 4.15. The van der Waals surface area contributed by atoms with Gasteiger partial charge in [-0.25, -0.2) is 4.68 Å². The second-order valence-corrected chi connectivity index (χ2v) is 4.02. The van der Waals surface area contributed by atoms with Gasteiger partial charge >= 0.3 is 0 Å². The van der Waals surface area contributed by atoms with Gasteiger partial charge in [-0.05, 0) is 12.1 Å². The average Bonchev–Trinajstić information content (AvgIpc) is 2.75. The minimum Gasteiger partial charge on any atom is -0.372 e. The van der Waals surface area contributed by atoms with Crippen molar-refractivity contribution in [1.82, 2.24) is 15.1 Å². The number of benzene rings is 1. The van der Waals surface area contributed by atoms with Crippen LogP contribution in [0.2, 0.25) is 0 Å². The number of nitrogens with one attached hydrogen (secondary N) is 2. The Morgan fingerprint density at radius 1 is 1.33 bits per heavy atom. The van der Waals surface area contributed by atoms with Crippen LogP contribution in [-0.4, -0.2) is 33.6 Å². The van der Waals surface area contributed by atoms with E-state index in [1.54, 1.807) is 4.68 Å². The molecule has 2 aromatic rings.